The van der Waals surface area contributed by atoms with Gasteiger partial charge in [-0.1, -0.05) is 33.2 Å². The summed E-state index contributed by atoms with van der Waals surface area (Å²) < 4.78 is 5.94. The van der Waals surface area contributed by atoms with Crippen LogP contribution in [0.25, 0.3) is 22.1 Å². The highest BCUT2D eigenvalue weighted by Gasteiger charge is 2.17. The molecular weight excluding hydrogens is 326 g/mol. The first-order valence-electron chi connectivity index (χ1n) is 5.68. The van der Waals surface area contributed by atoms with Crippen LogP contribution in [-0.2, 0) is 0 Å². The van der Waals surface area contributed by atoms with Crippen molar-refractivity contribution in [2.24, 2.45) is 0 Å². The summed E-state index contributed by atoms with van der Waals surface area (Å²) in [6.07, 6.45) is 0. The summed E-state index contributed by atoms with van der Waals surface area (Å²) in [7, 11) is 0. The number of carbonyl (C=O) groups is 1. The molecule has 0 radical (unpaired) electrons. The van der Waals surface area contributed by atoms with E-state index in [2.05, 4.69) is 21.1 Å². The lowest BCUT2D eigenvalue weighted by atomic mass is 10.0. The summed E-state index contributed by atoms with van der Waals surface area (Å²) in [6.45, 7) is 0. The van der Waals surface area contributed by atoms with Gasteiger partial charge in [-0.15, -0.1) is 0 Å². The third-order valence-electron chi connectivity index (χ3n) is 2.94. The van der Waals surface area contributed by atoms with Gasteiger partial charge in [-0.3, -0.25) is 0 Å². The number of aromatic nitrogens is 1. The predicted molar refractivity (Wildman–Crippen MR) is 75.8 cm³/mol. The molecule has 0 fully saturated rings. The normalized spacial score (nSPS) is 10.8. The minimum atomic E-state index is -1.18. The van der Waals surface area contributed by atoms with Crippen LogP contribution in [0.3, 0.4) is 0 Å². The Morgan fingerprint density at radius 1 is 1.20 bits per heavy atom. The average Bonchev–Trinajstić information content (AvgIpc) is 2.88. The van der Waals surface area contributed by atoms with E-state index in [1.807, 2.05) is 18.2 Å². The van der Waals surface area contributed by atoms with Gasteiger partial charge in [-0.2, -0.15) is 0 Å². The number of hydrogen-bond donors (Lipinski definition) is 2. The van der Waals surface area contributed by atoms with Crippen molar-refractivity contribution in [3.05, 3.63) is 46.6 Å². The van der Waals surface area contributed by atoms with Gasteiger partial charge >= 0.3 is 5.97 Å². The summed E-state index contributed by atoms with van der Waals surface area (Å²) in [5.74, 6) is -0.955. The second kappa shape index (κ2) is 4.64. The van der Waals surface area contributed by atoms with Crippen molar-refractivity contribution in [1.29, 1.82) is 0 Å². The van der Waals surface area contributed by atoms with Gasteiger partial charge in [-0.05, 0) is 29.0 Å². The second-order valence-electron chi connectivity index (χ2n) is 4.21. The van der Waals surface area contributed by atoms with Crippen LogP contribution in [0, 0.1) is 0 Å². The number of halogens is 1. The highest BCUT2D eigenvalue weighted by atomic mass is 79.9. The molecule has 0 spiro atoms. The molecule has 0 bridgehead atoms. The van der Waals surface area contributed by atoms with Crippen LogP contribution in [0.5, 0.6) is 5.75 Å². The fourth-order valence-electron chi connectivity index (χ4n) is 2.04. The Hall–Kier alpha value is -2.34. The molecule has 0 aliphatic carbocycles. The zero-order valence-corrected chi connectivity index (χ0v) is 11.6. The van der Waals surface area contributed by atoms with Crippen LogP contribution < -0.4 is 0 Å². The zero-order valence-electron chi connectivity index (χ0n) is 10.0. The molecular formula is C14H8BrNO4. The van der Waals surface area contributed by atoms with Gasteiger partial charge in [0.1, 0.15) is 5.75 Å². The number of aromatic hydroxyl groups is 1. The average molecular weight is 334 g/mol. The molecule has 3 aromatic rings. The van der Waals surface area contributed by atoms with Crippen LogP contribution >= 0.6 is 15.9 Å². The summed E-state index contributed by atoms with van der Waals surface area (Å²) in [4.78, 5) is 10.8. The minimum Gasteiger partial charge on any atom is -0.507 e. The van der Waals surface area contributed by atoms with Crippen molar-refractivity contribution in [1.82, 2.24) is 5.16 Å². The van der Waals surface area contributed by atoms with Gasteiger partial charge in [-0.25, -0.2) is 4.79 Å². The predicted octanol–water partition coefficient (Wildman–Crippen LogP) is 3.66. The fraction of sp³-hybridized carbons (Fsp3) is 0. The standard InChI is InChI=1S/C14H8BrNO4/c15-8-2-3-9-7(5-8)1-4-11(17)13(9)12-6-10(14(18)19)16-20-12/h1-6,17H,(H,18,19). The van der Waals surface area contributed by atoms with Crippen molar-refractivity contribution in [3.8, 4) is 17.1 Å². The highest BCUT2D eigenvalue weighted by molar-refractivity contribution is 9.10. The molecule has 0 amide bonds. The Morgan fingerprint density at radius 2 is 2.00 bits per heavy atom. The van der Waals surface area contributed by atoms with Gasteiger partial charge < -0.3 is 14.7 Å². The molecule has 0 atom stereocenters. The molecule has 20 heavy (non-hydrogen) atoms. The second-order valence-corrected chi connectivity index (χ2v) is 5.12. The van der Waals surface area contributed by atoms with Gasteiger partial charge in [0, 0.05) is 10.5 Å². The molecule has 3 rings (SSSR count). The van der Waals surface area contributed by atoms with Crippen LogP contribution in [0.15, 0.2) is 45.4 Å². The Kier molecular flexibility index (Phi) is 2.94. The largest absolute Gasteiger partial charge is 0.507 e. The summed E-state index contributed by atoms with van der Waals surface area (Å²) in [6, 6.07) is 10.1. The summed E-state index contributed by atoms with van der Waals surface area (Å²) in [5.41, 5.74) is 0.225. The van der Waals surface area contributed by atoms with Gasteiger partial charge in [0.2, 0.25) is 0 Å². The van der Waals surface area contributed by atoms with Crippen molar-refractivity contribution >= 4 is 32.7 Å². The Labute approximate surface area is 121 Å². The lowest BCUT2D eigenvalue weighted by Crippen LogP contribution is -1.94. The summed E-state index contributed by atoms with van der Waals surface area (Å²) in [5, 5.41) is 24.0. The number of aromatic carboxylic acids is 1. The Morgan fingerprint density at radius 3 is 2.70 bits per heavy atom. The van der Waals surface area contributed by atoms with Crippen LogP contribution in [0.2, 0.25) is 0 Å². The van der Waals surface area contributed by atoms with Crippen LogP contribution in [0.4, 0.5) is 0 Å². The number of carboxylic acid groups (broad SMARTS) is 1. The van der Waals surface area contributed by atoms with E-state index >= 15 is 0 Å². The first-order chi connectivity index (χ1) is 9.56. The van der Waals surface area contributed by atoms with E-state index in [0.717, 1.165) is 15.2 Å². The maximum absolute atomic E-state index is 10.8. The van der Waals surface area contributed by atoms with Gasteiger partial charge in [0.25, 0.3) is 0 Å². The molecule has 0 unspecified atom stereocenters. The molecule has 5 nitrogen and oxygen atoms in total. The van der Waals surface area contributed by atoms with Gasteiger partial charge in [0.05, 0.1) is 5.56 Å². The Bertz CT molecular complexity index is 825. The first kappa shape index (κ1) is 12.7. The van der Waals surface area contributed by atoms with E-state index in [0.29, 0.717) is 5.56 Å². The number of benzene rings is 2. The monoisotopic (exact) mass is 333 g/mol. The van der Waals surface area contributed by atoms with Gasteiger partial charge in [0.15, 0.2) is 11.5 Å². The molecule has 0 aliphatic rings. The molecule has 0 saturated heterocycles. The van der Waals surface area contributed by atoms with E-state index in [4.69, 9.17) is 9.63 Å². The molecule has 1 heterocycles. The zero-order chi connectivity index (χ0) is 14.3. The maximum atomic E-state index is 10.8. The molecule has 6 heteroatoms. The fourth-order valence-corrected chi connectivity index (χ4v) is 2.42. The van der Waals surface area contributed by atoms with Crippen molar-refractivity contribution < 1.29 is 19.5 Å². The SMILES string of the molecule is O=C(O)c1cc(-c2c(O)ccc3cc(Br)ccc23)on1. The molecule has 100 valence electrons. The molecule has 1 aromatic heterocycles. The number of carboxylic acids is 1. The Balaban J connectivity index is 2.28. The number of fused-ring (bicyclic) bond motifs is 1. The lowest BCUT2D eigenvalue weighted by Gasteiger charge is -2.06. The first-order valence-corrected chi connectivity index (χ1v) is 6.47. The van der Waals surface area contributed by atoms with Crippen molar-refractivity contribution in [3.63, 3.8) is 0 Å². The molecule has 2 N–H and O–H groups in total. The van der Waals surface area contributed by atoms with E-state index in [1.54, 1.807) is 6.07 Å². The number of phenols is 1. The topological polar surface area (TPSA) is 83.6 Å². The van der Waals surface area contributed by atoms with E-state index in [-0.39, 0.29) is 17.2 Å². The maximum Gasteiger partial charge on any atom is 0.358 e. The van der Waals surface area contributed by atoms with Crippen molar-refractivity contribution in [2.45, 2.75) is 0 Å². The third-order valence-corrected chi connectivity index (χ3v) is 3.43. The molecule has 0 saturated carbocycles. The minimum absolute atomic E-state index is 0.00733. The van der Waals surface area contributed by atoms with E-state index < -0.39 is 5.97 Å². The smallest absolute Gasteiger partial charge is 0.358 e. The quantitative estimate of drug-likeness (QED) is 0.747. The number of phenolic OH excluding ortho intramolecular Hbond substituents is 1. The molecule has 2 aromatic carbocycles. The van der Waals surface area contributed by atoms with Crippen molar-refractivity contribution in [2.75, 3.05) is 0 Å². The van der Waals surface area contributed by atoms with Crippen LogP contribution in [-0.4, -0.2) is 21.3 Å². The number of rotatable bonds is 2. The van der Waals surface area contributed by atoms with E-state index in [9.17, 15) is 9.90 Å². The number of nitrogens with zero attached hydrogens (tertiary/aromatic N) is 1. The lowest BCUT2D eigenvalue weighted by molar-refractivity contribution is 0.0686. The third kappa shape index (κ3) is 2.04. The van der Waals surface area contributed by atoms with Crippen LogP contribution in [0.1, 0.15) is 10.5 Å². The van der Waals surface area contributed by atoms with E-state index in [1.165, 1.54) is 12.1 Å². The summed E-state index contributed by atoms with van der Waals surface area (Å²) >= 11 is 3.38. The number of hydrogen-bond acceptors (Lipinski definition) is 4. The highest BCUT2D eigenvalue weighted by Crippen LogP contribution is 2.37. The molecule has 0 aliphatic heterocycles.